The topological polar surface area (TPSA) is 89.3 Å². The summed E-state index contributed by atoms with van der Waals surface area (Å²) in [6.45, 7) is 5.41. The maximum Gasteiger partial charge on any atom is 0.335 e. The molecule has 8 heteroatoms. The van der Waals surface area contributed by atoms with Crippen molar-refractivity contribution in [2.45, 2.75) is 77.2 Å². The fourth-order valence-electron chi connectivity index (χ4n) is 6.36. The molecule has 0 bridgehead atoms. The normalized spacial score (nSPS) is 20.8. The van der Waals surface area contributed by atoms with Gasteiger partial charge in [0.1, 0.15) is 24.2 Å². The fourth-order valence-corrected chi connectivity index (χ4v) is 6.36. The number of carbonyl (C=O) groups is 1. The highest BCUT2D eigenvalue weighted by atomic mass is 19.1. The molecular formula is C32H35FN4O3. The Morgan fingerprint density at radius 3 is 2.75 bits per heavy atom. The van der Waals surface area contributed by atoms with Gasteiger partial charge in [0.15, 0.2) is 0 Å². The molecule has 2 aliphatic rings. The number of anilines is 1. The molecule has 0 spiro atoms. The first-order chi connectivity index (χ1) is 19.4. The van der Waals surface area contributed by atoms with E-state index in [1.807, 2.05) is 30.3 Å². The molecule has 2 aromatic heterocycles. The minimum absolute atomic E-state index is 0.189. The lowest BCUT2D eigenvalue weighted by molar-refractivity contribution is 0.0697. The Labute approximate surface area is 233 Å². The SMILES string of the molecule is CC(C)C1CCn2c(c(C3CCCC[C@@H]3F)c3ccc(C(=O)O)cc32)-c2ccc(OCc3cccnn3)cc2N1. The first kappa shape index (κ1) is 26.3. The van der Waals surface area contributed by atoms with Gasteiger partial charge in [0.2, 0.25) is 0 Å². The number of aromatic nitrogens is 3. The molecule has 1 fully saturated rings. The average Bonchev–Trinajstić information content (AvgIpc) is 3.26. The van der Waals surface area contributed by atoms with Crippen LogP contribution in [0.4, 0.5) is 10.1 Å². The molecule has 0 saturated heterocycles. The molecule has 40 heavy (non-hydrogen) atoms. The summed E-state index contributed by atoms with van der Waals surface area (Å²) in [5.41, 5.74) is 5.75. The van der Waals surface area contributed by atoms with Gasteiger partial charge >= 0.3 is 5.97 Å². The summed E-state index contributed by atoms with van der Waals surface area (Å²) in [6, 6.07) is 15.2. The Hall–Kier alpha value is -3.94. The van der Waals surface area contributed by atoms with Gasteiger partial charge in [-0.05, 0) is 67.1 Å². The third-order valence-electron chi connectivity index (χ3n) is 8.47. The number of carboxylic acids is 1. The first-order valence-corrected chi connectivity index (χ1v) is 14.2. The number of halogens is 1. The van der Waals surface area contributed by atoms with Crippen molar-refractivity contribution in [1.82, 2.24) is 14.8 Å². The van der Waals surface area contributed by atoms with Crippen LogP contribution in [0.15, 0.2) is 54.7 Å². The standard InChI is InChI=1S/C32H35FN4O3/c1-19(2)27-13-15-37-29-16-20(32(38)39)9-11-25(29)30(23-7-3-4-8-26(23)33)31(37)24-12-10-22(17-28(24)35-27)40-18-21-6-5-14-34-36-21/h5-6,9-12,14,16-17,19,23,26-27,35H,3-4,7-8,13,15,18H2,1-2H3,(H,38,39)/t23?,26-,27?/m0/s1. The van der Waals surface area contributed by atoms with Gasteiger partial charge < -0.3 is 19.7 Å². The van der Waals surface area contributed by atoms with Crippen LogP contribution in [0.3, 0.4) is 0 Å². The minimum atomic E-state index is -0.960. The Morgan fingerprint density at radius 2 is 2.00 bits per heavy atom. The number of alkyl halides is 1. The van der Waals surface area contributed by atoms with Crippen molar-refractivity contribution in [3.63, 3.8) is 0 Å². The molecule has 1 saturated carbocycles. The second-order valence-electron chi connectivity index (χ2n) is 11.4. The highest BCUT2D eigenvalue weighted by Gasteiger charge is 2.34. The molecule has 3 atom stereocenters. The molecule has 0 amide bonds. The van der Waals surface area contributed by atoms with Crippen LogP contribution in [0.1, 0.15) is 73.5 Å². The van der Waals surface area contributed by atoms with Crippen LogP contribution in [0.25, 0.3) is 22.2 Å². The number of rotatable bonds is 6. The lowest BCUT2D eigenvalue weighted by Gasteiger charge is -2.31. The van der Waals surface area contributed by atoms with E-state index in [0.717, 1.165) is 64.8 Å². The van der Waals surface area contributed by atoms with Crippen LogP contribution in [0, 0.1) is 5.92 Å². The van der Waals surface area contributed by atoms with Crippen molar-refractivity contribution < 1.29 is 19.0 Å². The van der Waals surface area contributed by atoms with E-state index in [9.17, 15) is 9.90 Å². The summed E-state index contributed by atoms with van der Waals surface area (Å²) in [6.07, 6.45) is 4.77. The summed E-state index contributed by atoms with van der Waals surface area (Å²) < 4.78 is 24.0. The van der Waals surface area contributed by atoms with E-state index in [0.29, 0.717) is 31.2 Å². The Kier molecular flexibility index (Phi) is 7.17. The zero-order valence-electron chi connectivity index (χ0n) is 22.9. The van der Waals surface area contributed by atoms with Gasteiger partial charge in [-0.25, -0.2) is 9.18 Å². The second kappa shape index (κ2) is 10.9. The van der Waals surface area contributed by atoms with Gasteiger partial charge in [-0.15, -0.1) is 0 Å². The van der Waals surface area contributed by atoms with Crippen LogP contribution in [-0.2, 0) is 13.2 Å². The van der Waals surface area contributed by atoms with Crippen molar-refractivity contribution in [2.75, 3.05) is 5.32 Å². The molecule has 2 unspecified atom stereocenters. The number of nitrogens with one attached hydrogen (secondary N) is 1. The third kappa shape index (κ3) is 4.91. The summed E-state index contributed by atoms with van der Waals surface area (Å²) in [4.78, 5) is 11.9. The summed E-state index contributed by atoms with van der Waals surface area (Å²) in [5, 5.41) is 22.6. The van der Waals surface area contributed by atoms with Crippen LogP contribution in [0.2, 0.25) is 0 Å². The van der Waals surface area contributed by atoms with Crippen molar-refractivity contribution in [1.29, 1.82) is 0 Å². The van der Waals surface area contributed by atoms with E-state index in [2.05, 4.69) is 40.0 Å². The predicted molar refractivity (Wildman–Crippen MR) is 154 cm³/mol. The van der Waals surface area contributed by atoms with Gasteiger partial charge in [-0.2, -0.15) is 10.2 Å². The van der Waals surface area contributed by atoms with Gasteiger partial charge in [-0.3, -0.25) is 0 Å². The molecule has 7 nitrogen and oxygen atoms in total. The Balaban J connectivity index is 1.53. The van der Waals surface area contributed by atoms with E-state index in [1.54, 1.807) is 18.3 Å². The highest BCUT2D eigenvalue weighted by Crippen LogP contribution is 2.48. The van der Waals surface area contributed by atoms with Gasteiger partial charge in [0.05, 0.1) is 11.3 Å². The number of fused-ring (bicyclic) bond motifs is 5. The lowest BCUT2D eigenvalue weighted by Crippen LogP contribution is -2.29. The summed E-state index contributed by atoms with van der Waals surface area (Å²) >= 11 is 0. The molecule has 4 aromatic rings. The monoisotopic (exact) mass is 542 g/mol. The maximum atomic E-state index is 15.6. The molecular weight excluding hydrogens is 507 g/mol. The number of aryl methyl sites for hydroxylation is 1. The predicted octanol–water partition coefficient (Wildman–Crippen LogP) is 7.21. The highest BCUT2D eigenvalue weighted by molar-refractivity contribution is 5.99. The minimum Gasteiger partial charge on any atom is -0.487 e. The third-order valence-corrected chi connectivity index (χ3v) is 8.47. The molecule has 208 valence electrons. The van der Waals surface area contributed by atoms with Gasteiger partial charge in [0.25, 0.3) is 0 Å². The number of hydrogen-bond acceptors (Lipinski definition) is 5. The number of hydrogen-bond donors (Lipinski definition) is 2. The summed E-state index contributed by atoms with van der Waals surface area (Å²) in [5.74, 6) is -0.122. The zero-order valence-corrected chi connectivity index (χ0v) is 22.9. The van der Waals surface area contributed by atoms with Crippen LogP contribution < -0.4 is 10.1 Å². The molecule has 2 aromatic carbocycles. The Bertz CT molecular complexity index is 1530. The van der Waals surface area contributed by atoms with E-state index < -0.39 is 12.1 Å². The number of carboxylic acid groups (broad SMARTS) is 1. The van der Waals surface area contributed by atoms with Gasteiger partial charge in [0, 0.05) is 52.9 Å². The average molecular weight is 543 g/mol. The number of ether oxygens (including phenoxy) is 1. The van der Waals surface area contributed by atoms with Crippen LogP contribution >= 0.6 is 0 Å². The number of aromatic carboxylic acids is 1. The maximum absolute atomic E-state index is 15.6. The van der Waals surface area contributed by atoms with Crippen LogP contribution in [0.5, 0.6) is 5.75 Å². The summed E-state index contributed by atoms with van der Waals surface area (Å²) in [7, 11) is 0. The fraction of sp³-hybridized carbons (Fsp3) is 0.406. The number of benzene rings is 2. The van der Waals surface area contributed by atoms with E-state index in [-0.39, 0.29) is 17.5 Å². The quantitative estimate of drug-likeness (QED) is 0.268. The van der Waals surface area contributed by atoms with Gasteiger partial charge in [-0.1, -0.05) is 32.8 Å². The van der Waals surface area contributed by atoms with Crippen LogP contribution in [-0.4, -0.2) is 38.1 Å². The van der Waals surface area contributed by atoms with Crippen molar-refractivity contribution in [3.8, 4) is 17.0 Å². The lowest BCUT2D eigenvalue weighted by atomic mass is 9.80. The number of nitrogens with zero attached hydrogens (tertiary/aromatic N) is 3. The second-order valence-corrected chi connectivity index (χ2v) is 11.4. The van der Waals surface area contributed by atoms with E-state index in [1.165, 1.54) is 0 Å². The zero-order chi connectivity index (χ0) is 27.8. The molecule has 6 rings (SSSR count). The molecule has 1 aliphatic heterocycles. The molecule has 1 aliphatic carbocycles. The molecule has 2 N–H and O–H groups in total. The molecule has 0 radical (unpaired) electrons. The largest absolute Gasteiger partial charge is 0.487 e. The van der Waals surface area contributed by atoms with Crippen molar-refractivity contribution >= 4 is 22.6 Å². The smallest absolute Gasteiger partial charge is 0.335 e. The Morgan fingerprint density at radius 1 is 1.15 bits per heavy atom. The van der Waals surface area contributed by atoms with Crippen molar-refractivity contribution in [2.24, 2.45) is 5.92 Å². The molecule has 3 heterocycles. The van der Waals surface area contributed by atoms with Crippen molar-refractivity contribution in [3.05, 3.63) is 71.5 Å². The van der Waals surface area contributed by atoms with E-state index in [4.69, 9.17) is 4.74 Å². The van der Waals surface area contributed by atoms with E-state index >= 15 is 4.39 Å². The first-order valence-electron chi connectivity index (χ1n) is 14.2.